The number of hydrogen-bond acceptors (Lipinski definition) is 4. The zero-order valence-electron chi connectivity index (χ0n) is 12.5. The minimum atomic E-state index is -3.79. The Morgan fingerprint density at radius 2 is 2.13 bits per heavy atom. The number of nitrogens with two attached hydrogens (primary N) is 1. The number of hydrogen-bond donors (Lipinski definition) is 2. The third kappa shape index (κ3) is 4.16. The Kier molecular flexibility index (Phi) is 6.27. The highest BCUT2D eigenvalue weighted by Crippen LogP contribution is 2.32. The molecule has 1 atom stereocenters. The Morgan fingerprint density at radius 3 is 2.83 bits per heavy atom. The van der Waals surface area contributed by atoms with Gasteiger partial charge in [0.15, 0.2) is 0 Å². The number of nitrogens with one attached hydrogen (secondary N) is 1. The first kappa shape index (κ1) is 18.5. The monoisotopic (exact) mass is 379 g/mol. The number of amides is 1. The van der Waals surface area contributed by atoms with Crippen LogP contribution in [0.1, 0.15) is 12.8 Å². The van der Waals surface area contributed by atoms with Crippen molar-refractivity contribution in [3.63, 3.8) is 0 Å². The molecule has 0 aromatic heterocycles. The van der Waals surface area contributed by atoms with Gasteiger partial charge in [-0.05, 0) is 25.0 Å². The van der Waals surface area contributed by atoms with Gasteiger partial charge in [-0.2, -0.15) is 4.31 Å². The van der Waals surface area contributed by atoms with Crippen molar-refractivity contribution in [3.8, 4) is 0 Å². The summed E-state index contributed by atoms with van der Waals surface area (Å²) >= 11 is 11.9. The number of piperidine rings is 1. The van der Waals surface area contributed by atoms with Gasteiger partial charge in [0.1, 0.15) is 4.90 Å². The molecule has 0 aliphatic carbocycles. The van der Waals surface area contributed by atoms with E-state index in [9.17, 15) is 13.2 Å². The third-order valence-electron chi connectivity index (χ3n) is 3.73. The van der Waals surface area contributed by atoms with Crippen LogP contribution >= 0.6 is 23.2 Å². The van der Waals surface area contributed by atoms with Crippen molar-refractivity contribution in [2.75, 3.05) is 26.2 Å². The van der Waals surface area contributed by atoms with Crippen molar-refractivity contribution in [1.29, 1.82) is 0 Å². The molecular formula is C14H19Cl2N3O3S. The summed E-state index contributed by atoms with van der Waals surface area (Å²) in [7, 11) is -3.79. The fourth-order valence-corrected chi connectivity index (χ4v) is 4.80. The van der Waals surface area contributed by atoms with Gasteiger partial charge in [-0.1, -0.05) is 29.3 Å². The smallest absolute Gasteiger partial charge is 0.244 e. The summed E-state index contributed by atoms with van der Waals surface area (Å²) in [5.74, 6) is -0.560. The van der Waals surface area contributed by atoms with E-state index in [0.29, 0.717) is 32.5 Å². The second kappa shape index (κ2) is 7.81. The fraction of sp³-hybridized carbons (Fsp3) is 0.500. The van der Waals surface area contributed by atoms with Gasteiger partial charge in [-0.15, -0.1) is 0 Å². The molecule has 0 saturated carbocycles. The van der Waals surface area contributed by atoms with E-state index in [4.69, 9.17) is 28.9 Å². The van der Waals surface area contributed by atoms with Crippen LogP contribution in [-0.2, 0) is 14.8 Å². The molecule has 1 unspecified atom stereocenters. The molecule has 0 radical (unpaired) electrons. The highest BCUT2D eigenvalue weighted by molar-refractivity contribution is 7.89. The lowest BCUT2D eigenvalue weighted by Crippen LogP contribution is -2.46. The normalized spacial score (nSPS) is 19.5. The van der Waals surface area contributed by atoms with Crippen LogP contribution in [0.4, 0.5) is 0 Å². The van der Waals surface area contributed by atoms with Gasteiger partial charge in [-0.3, -0.25) is 4.79 Å². The van der Waals surface area contributed by atoms with E-state index < -0.39 is 10.0 Å². The number of sulfonamides is 1. The van der Waals surface area contributed by atoms with E-state index >= 15 is 0 Å². The molecular weight excluding hydrogens is 361 g/mol. The van der Waals surface area contributed by atoms with Gasteiger partial charge in [-0.25, -0.2) is 8.42 Å². The van der Waals surface area contributed by atoms with Crippen molar-refractivity contribution >= 4 is 39.1 Å². The minimum absolute atomic E-state index is 0.00359. The van der Waals surface area contributed by atoms with Gasteiger partial charge < -0.3 is 11.1 Å². The maximum atomic E-state index is 12.8. The molecule has 1 saturated heterocycles. The summed E-state index contributed by atoms with van der Waals surface area (Å²) in [4.78, 5) is 12.0. The average Bonchev–Trinajstić information content (AvgIpc) is 2.55. The molecule has 1 heterocycles. The zero-order valence-corrected chi connectivity index (χ0v) is 14.8. The van der Waals surface area contributed by atoms with E-state index in [1.54, 1.807) is 0 Å². The van der Waals surface area contributed by atoms with Crippen LogP contribution in [0.3, 0.4) is 0 Å². The molecule has 1 aromatic rings. The second-order valence-corrected chi connectivity index (χ2v) is 8.03. The standard InChI is InChI=1S/C14H19Cl2N3O3S/c15-11-4-1-5-12(13(11)16)23(21,22)19-8-2-3-10(9-19)14(20)18-7-6-17/h1,4-5,10H,2-3,6-9,17H2,(H,18,20). The second-order valence-electron chi connectivity index (χ2n) is 5.33. The van der Waals surface area contributed by atoms with Crippen LogP contribution < -0.4 is 11.1 Å². The van der Waals surface area contributed by atoms with E-state index in [1.807, 2.05) is 0 Å². The predicted octanol–water partition coefficient (Wildman–Crippen LogP) is 1.47. The summed E-state index contributed by atoms with van der Waals surface area (Å²) in [5.41, 5.74) is 5.36. The maximum absolute atomic E-state index is 12.8. The van der Waals surface area contributed by atoms with Crippen LogP contribution in [0.15, 0.2) is 23.1 Å². The summed E-state index contributed by atoms with van der Waals surface area (Å²) < 4.78 is 26.8. The van der Waals surface area contributed by atoms with Crippen LogP contribution in [-0.4, -0.2) is 44.8 Å². The Morgan fingerprint density at radius 1 is 1.39 bits per heavy atom. The molecule has 3 N–H and O–H groups in total. The van der Waals surface area contributed by atoms with Crippen LogP contribution in [0, 0.1) is 5.92 Å². The number of benzene rings is 1. The van der Waals surface area contributed by atoms with Crippen LogP contribution in [0.25, 0.3) is 0 Å². The lowest BCUT2D eigenvalue weighted by molar-refractivity contribution is -0.126. The molecule has 1 aromatic carbocycles. The molecule has 1 aliphatic rings. The summed E-state index contributed by atoms with van der Waals surface area (Å²) in [5, 5.41) is 2.89. The molecule has 0 spiro atoms. The van der Waals surface area contributed by atoms with E-state index in [2.05, 4.69) is 5.32 Å². The molecule has 128 valence electrons. The number of nitrogens with zero attached hydrogens (tertiary/aromatic N) is 1. The number of rotatable bonds is 5. The summed E-state index contributed by atoms with van der Waals surface area (Å²) in [6, 6.07) is 4.49. The van der Waals surface area contributed by atoms with Crippen molar-refractivity contribution in [1.82, 2.24) is 9.62 Å². The largest absolute Gasteiger partial charge is 0.355 e. The van der Waals surface area contributed by atoms with E-state index in [-0.39, 0.29) is 33.3 Å². The van der Waals surface area contributed by atoms with Crippen LogP contribution in [0.5, 0.6) is 0 Å². The quantitative estimate of drug-likeness (QED) is 0.809. The Labute approximate surface area is 146 Å². The molecule has 0 bridgehead atoms. The number of carbonyl (C=O) groups excluding carboxylic acids is 1. The van der Waals surface area contributed by atoms with Gasteiger partial charge in [0.05, 0.1) is 16.0 Å². The van der Waals surface area contributed by atoms with Crippen molar-refractivity contribution in [2.24, 2.45) is 11.7 Å². The third-order valence-corrected chi connectivity index (χ3v) is 6.57. The summed E-state index contributed by atoms with van der Waals surface area (Å²) in [6.45, 7) is 1.20. The Hall–Kier alpha value is -0.860. The zero-order chi connectivity index (χ0) is 17.0. The lowest BCUT2D eigenvalue weighted by Gasteiger charge is -2.31. The highest BCUT2D eigenvalue weighted by atomic mass is 35.5. The van der Waals surface area contributed by atoms with Gasteiger partial charge >= 0.3 is 0 Å². The number of halogens is 2. The van der Waals surface area contributed by atoms with Crippen molar-refractivity contribution < 1.29 is 13.2 Å². The van der Waals surface area contributed by atoms with Crippen molar-refractivity contribution in [2.45, 2.75) is 17.7 Å². The van der Waals surface area contributed by atoms with Gasteiger partial charge in [0.2, 0.25) is 15.9 Å². The summed E-state index contributed by atoms with van der Waals surface area (Å²) in [6.07, 6.45) is 1.25. The number of carbonyl (C=O) groups is 1. The minimum Gasteiger partial charge on any atom is -0.355 e. The molecule has 1 amide bonds. The molecule has 23 heavy (non-hydrogen) atoms. The first-order valence-electron chi connectivity index (χ1n) is 7.30. The lowest BCUT2D eigenvalue weighted by atomic mass is 9.99. The molecule has 1 fully saturated rings. The molecule has 2 rings (SSSR count). The molecule has 6 nitrogen and oxygen atoms in total. The van der Waals surface area contributed by atoms with Crippen molar-refractivity contribution in [3.05, 3.63) is 28.2 Å². The topological polar surface area (TPSA) is 92.5 Å². The van der Waals surface area contributed by atoms with Gasteiger partial charge in [0.25, 0.3) is 0 Å². The first-order chi connectivity index (χ1) is 10.9. The molecule has 9 heteroatoms. The Balaban J connectivity index is 2.20. The SMILES string of the molecule is NCCNC(=O)C1CCCN(S(=O)(=O)c2cccc(Cl)c2Cl)C1. The highest BCUT2D eigenvalue weighted by Gasteiger charge is 2.34. The van der Waals surface area contributed by atoms with E-state index in [1.165, 1.54) is 22.5 Å². The fourth-order valence-electron chi connectivity index (χ4n) is 2.54. The van der Waals surface area contributed by atoms with Crippen LogP contribution in [0.2, 0.25) is 10.0 Å². The maximum Gasteiger partial charge on any atom is 0.244 e. The molecule has 1 aliphatic heterocycles. The Bertz CT molecular complexity index is 682. The van der Waals surface area contributed by atoms with Gasteiger partial charge in [0, 0.05) is 26.2 Å². The van der Waals surface area contributed by atoms with E-state index in [0.717, 1.165) is 0 Å². The first-order valence-corrected chi connectivity index (χ1v) is 9.49. The average molecular weight is 380 g/mol. The predicted molar refractivity (Wildman–Crippen MR) is 90.0 cm³/mol.